The van der Waals surface area contributed by atoms with Gasteiger partial charge in [0.05, 0.1) is 12.1 Å². The van der Waals surface area contributed by atoms with Gasteiger partial charge in [-0.3, -0.25) is 19.2 Å². The van der Waals surface area contributed by atoms with E-state index in [1.54, 1.807) is 18.7 Å². The third-order valence-corrected chi connectivity index (χ3v) is 9.37. The van der Waals surface area contributed by atoms with E-state index in [1.165, 1.54) is 6.08 Å². The van der Waals surface area contributed by atoms with Crippen molar-refractivity contribution in [3.05, 3.63) is 12.7 Å². The molecule has 1 aliphatic heterocycles. The van der Waals surface area contributed by atoms with Crippen LogP contribution in [-0.4, -0.2) is 83.8 Å². The number of unbranched alkanes of at least 4 members (excludes halogenated alkanes) is 1. The topological polar surface area (TPSA) is 163 Å². The average molecular weight is 676 g/mol. The van der Waals surface area contributed by atoms with Crippen molar-refractivity contribution in [1.29, 1.82) is 0 Å². The predicted molar refractivity (Wildman–Crippen MR) is 185 cm³/mol. The van der Waals surface area contributed by atoms with Crippen LogP contribution in [0.1, 0.15) is 113 Å². The van der Waals surface area contributed by atoms with E-state index in [1.807, 2.05) is 41.5 Å². The minimum Gasteiger partial charge on any atom is -0.461 e. The predicted octanol–water partition coefficient (Wildman–Crippen LogP) is 4.02. The first-order chi connectivity index (χ1) is 22.5. The van der Waals surface area contributed by atoms with E-state index in [-0.39, 0.29) is 42.7 Å². The molecule has 1 saturated heterocycles. The number of carbonyl (C=O) groups is 6. The Labute approximate surface area is 287 Å². The van der Waals surface area contributed by atoms with Crippen LogP contribution in [0.2, 0.25) is 0 Å². The molecule has 1 aliphatic carbocycles. The molecule has 2 aliphatic rings. The third-order valence-electron chi connectivity index (χ3n) is 9.37. The molecular weight excluding hydrogens is 614 g/mol. The fraction of sp³-hybridized carbons (Fsp3) is 0.778. The van der Waals surface area contributed by atoms with E-state index < -0.39 is 59.2 Å². The zero-order chi connectivity index (χ0) is 36.2. The first kappa shape index (κ1) is 40.7. The van der Waals surface area contributed by atoms with Crippen molar-refractivity contribution in [3.63, 3.8) is 0 Å². The first-order valence-corrected chi connectivity index (χ1v) is 17.8. The van der Waals surface area contributed by atoms with Crippen LogP contribution in [0.3, 0.4) is 0 Å². The average Bonchev–Trinajstić information content (AvgIpc) is 3.48. The van der Waals surface area contributed by atoms with Gasteiger partial charge in [0.25, 0.3) is 5.91 Å². The summed E-state index contributed by atoms with van der Waals surface area (Å²) in [5, 5.41) is 11.0. The number of nitrogens with zero attached hydrogens (tertiary/aromatic N) is 1. The standard InChI is InChI=1S/C36H61N5O7/c1-10-12-18-26(29(42)32(44)37-20-11-2)38-31(43)28-25(22(3)4)19-21-41(28)33(45)27(24-16-14-13-15-17-24)39-35(47)40-30(36(7,8)9)34(46)48-23(5)6/h11,22-28,30H,2,10,12-21H2,1,3-9H3,(H,37,44)(H,38,43)(H2,39,40,47)/t25-,26?,27+,28+,30-/m1/s1. The van der Waals surface area contributed by atoms with E-state index in [9.17, 15) is 28.8 Å². The molecular formula is C36H61N5O7. The summed E-state index contributed by atoms with van der Waals surface area (Å²) in [5.74, 6) is -3.24. The summed E-state index contributed by atoms with van der Waals surface area (Å²) in [6.07, 6.45) is 7.69. The number of ketones is 1. The molecule has 0 aromatic carbocycles. The van der Waals surface area contributed by atoms with Crippen LogP contribution in [-0.2, 0) is 28.7 Å². The van der Waals surface area contributed by atoms with Gasteiger partial charge in [-0.2, -0.15) is 0 Å². The number of hydrogen-bond donors (Lipinski definition) is 4. The van der Waals surface area contributed by atoms with Crippen molar-refractivity contribution in [2.45, 2.75) is 143 Å². The zero-order valence-corrected chi connectivity index (χ0v) is 30.5. The second kappa shape index (κ2) is 18.9. The lowest BCUT2D eigenvalue weighted by atomic mass is 9.82. The summed E-state index contributed by atoms with van der Waals surface area (Å²) in [7, 11) is 0. The minimum atomic E-state index is -1.04. The maximum atomic E-state index is 14.5. The number of likely N-dealkylation sites (tertiary alicyclic amines) is 1. The first-order valence-electron chi connectivity index (χ1n) is 17.8. The van der Waals surface area contributed by atoms with Crippen molar-refractivity contribution in [2.24, 2.45) is 23.2 Å². The molecule has 2 rings (SSSR count). The summed E-state index contributed by atoms with van der Waals surface area (Å²) in [6, 6.07) is -4.46. The number of ether oxygens (including phenoxy) is 1. The van der Waals surface area contributed by atoms with Crippen LogP contribution in [0.15, 0.2) is 12.7 Å². The van der Waals surface area contributed by atoms with Crippen molar-refractivity contribution in [1.82, 2.24) is 26.2 Å². The fourth-order valence-electron chi connectivity index (χ4n) is 6.71. The number of hydrogen-bond acceptors (Lipinski definition) is 7. The second-order valence-electron chi connectivity index (χ2n) is 15.0. The van der Waals surface area contributed by atoms with Gasteiger partial charge < -0.3 is 30.9 Å². The van der Waals surface area contributed by atoms with Gasteiger partial charge in [0, 0.05) is 13.1 Å². The number of rotatable bonds is 16. The monoisotopic (exact) mass is 675 g/mol. The number of Topliss-reactive ketones (excluding diaryl/α,β-unsaturated/α-hetero) is 1. The van der Waals surface area contributed by atoms with Gasteiger partial charge in [0.15, 0.2) is 0 Å². The molecule has 0 aromatic rings. The molecule has 5 atom stereocenters. The summed E-state index contributed by atoms with van der Waals surface area (Å²) >= 11 is 0. The Balaban J connectivity index is 2.39. The lowest BCUT2D eigenvalue weighted by Crippen LogP contribution is -2.61. The third kappa shape index (κ3) is 11.6. The van der Waals surface area contributed by atoms with Crippen LogP contribution in [0, 0.1) is 23.2 Å². The van der Waals surface area contributed by atoms with Crippen LogP contribution < -0.4 is 21.3 Å². The Morgan fingerprint density at radius 3 is 2.12 bits per heavy atom. The molecule has 0 radical (unpaired) electrons. The largest absolute Gasteiger partial charge is 0.461 e. The Morgan fingerprint density at radius 1 is 0.938 bits per heavy atom. The van der Waals surface area contributed by atoms with Crippen molar-refractivity contribution in [3.8, 4) is 0 Å². The van der Waals surface area contributed by atoms with E-state index in [0.717, 1.165) is 38.5 Å². The van der Waals surface area contributed by atoms with Gasteiger partial charge in [-0.15, -0.1) is 6.58 Å². The molecule has 2 fully saturated rings. The molecule has 0 bridgehead atoms. The van der Waals surface area contributed by atoms with Gasteiger partial charge in [-0.25, -0.2) is 9.59 Å². The number of nitrogens with one attached hydrogen (secondary N) is 4. The van der Waals surface area contributed by atoms with Crippen molar-refractivity contribution in [2.75, 3.05) is 13.1 Å². The summed E-state index contributed by atoms with van der Waals surface area (Å²) in [4.78, 5) is 82.3. The lowest BCUT2D eigenvalue weighted by Gasteiger charge is -2.37. The highest BCUT2D eigenvalue weighted by atomic mass is 16.5. The van der Waals surface area contributed by atoms with Crippen LogP contribution in [0.25, 0.3) is 0 Å². The van der Waals surface area contributed by atoms with Crippen molar-refractivity contribution < 1.29 is 33.5 Å². The van der Waals surface area contributed by atoms with Crippen LogP contribution in [0.4, 0.5) is 4.79 Å². The highest BCUT2D eigenvalue weighted by Crippen LogP contribution is 2.34. The SMILES string of the molecule is C=CCNC(=O)C(=O)C(CCCC)NC(=O)[C@@H]1[C@@H](C(C)C)CCN1C(=O)[C@@H](NC(=O)N[C@H](C(=O)OC(C)C)C(C)(C)C)C1CCCCC1. The molecule has 1 heterocycles. The van der Waals surface area contributed by atoms with Gasteiger partial charge in [0.1, 0.15) is 18.1 Å². The molecule has 1 unspecified atom stereocenters. The summed E-state index contributed by atoms with van der Waals surface area (Å²) in [5.41, 5.74) is -0.662. The molecule has 48 heavy (non-hydrogen) atoms. The molecule has 1 saturated carbocycles. The quantitative estimate of drug-likeness (QED) is 0.109. The number of urea groups is 1. The Bertz CT molecular complexity index is 1140. The fourth-order valence-corrected chi connectivity index (χ4v) is 6.71. The molecule has 0 aromatic heterocycles. The Kier molecular flexibility index (Phi) is 16.1. The minimum absolute atomic E-state index is 0.0446. The second-order valence-corrected chi connectivity index (χ2v) is 15.0. The smallest absolute Gasteiger partial charge is 0.329 e. The molecule has 5 amide bonds. The normalized spacial score (nSPS) is 20.4. The number of carbonyl (C=O) groups excluding carboxylic acids is 6. The van der Waals surface area contributed by atoms with Gasteiger partial charge in [-0.05, 0) is 62.7 Å². The molecule has 12 heteroatoms. The van der Waals surface area contributed by atoms with Crippen molar-refractivity contribution >= 4 is 35.5 Å². The summed E-state index contributed by atoms with van der Waals surface area (Å²) < 4.78 is 5.42. The van der Waals surface area contributed by atoms with E-state index in [0.29, 0.717) is 19.4 Å². The highest BCUT2D eigenvalue weighted by Gasteiger charge is 2.47. The van der Waals surface area contributed by atoms with E-state index in [2.05, 4.69) is 27.8 Å². The van der Waals surface area contributed by atoms with Gasteiger partial charge >= 0.3 is 12.0 Å². The molecule has 4 N–H and O–H groups in total. The molecule has 272 valence electrons. The maximum Gasteiger partial charge on any atom is 0.329 e. The Hall–Kier alpha value is -3.44. The zero-order valence-electron chi connectivity index (χ0n) is 30.5. The molecule has 0 spiro atoms. The van der Waals surface area contributed by atoms with E-state index >= 15 is 0 Å². The number of esters is 1. The highest BCUT2D eigenvalue weighted by molar-refractivity contribution is 6.38. The lowest BCUT2D eigenvalue weighted by molar-refractivity contribution is -0.152. The molecule has 12 nitrogen and oxygen atoms in total. The van der Waals surface area contributed by atoms with Gasteiger partial charge in [-0.1, -0.05) is 79.7 Å². The van der Waals surface area contributed by atoms with Crippen LogP contribution in [0.5, 0.6) is 0 Å². The van der Waals surface area contributed by atoms with Gasteiger partial charge in [0.2, 0.25) is 17.6 Å². The Morgan fingerprint density at radius 2 is 1.58 bits per heavy atom. The number of amides is 5. The summed E-state index contributed by atoms with van der Waals surface area (Å²) in [6.45, 7) is 18.9. The van der Waals surface area contributed by atoms with Crippen LogP contribution >= 0.6 is 0 Å². The maximum absolute atomic E-state index is 14.5. The van der Waals surface area contributed by atoms with E-state index in [4.69, 9.17) is 4.74 Å².